The highest BCUT2D eigenvalue weighted by molar-refractivity contribution is 5.18. The van der Waals surface area contributed by atoms with Gasteiger partial charge in [0.05, 0.1) is 0 Å². The largest absolute Gasteiger partial charge is 0.381 e. The van der Waals surface area contributed by atoms with Gasteiger partial charge >= 0.3 is 0 Å². The standard InChI is InChI=1S/C10H21NO8/c1-4-7(13)6(3,12)9(16,17)11(5-2)10(18,19)8(7,14)15/h12-19H,4-5H2,1-3H3. The van der Waals surface area contributed by atoms with Crippen LogP contribution in [0.5, 0.6) is 0 Å². The number of piperidine rings is 1. The third kappa shape index (κ3) is 1.56. The molecule has 0 aromatic carbocycles. The fourth-order valence-corrected chi connectivity index (χ4v) is 2.59. The smallest absolute Gasteiger partial charge is 0.289 e. The van der Waals surface area contributed by atoms with E-state index < -0.39 is 41.8 Å². The van der Waals surface area contributed by atoms with E-state index in [0.717, 1.165) is 6.92 Å². The molecule has 9 heteroatoms. The van der Waals surface area contributed by atoms with Gasteiger partial charge in [0, 0.05) is 6.54 Å². The molecule has 1 fully saturated rings. The lowest BCUT2D eigenvalue weighted by atomic mass is 9.67. The Bertz CT molecular complexity index is 337. The fourth-order valence-electron chi connectivity index (χ4n) is 2.59. The van der Waals surface area contributed by atoms with Gasteiger partial charge in [-0.2, -0.15) is 4.90 Å². The van der Waals surface area contributed by atoms with Gasteiger partial charge < -0.3 is 40.9 Å². The number of likely N-dealkylation sites (N-methyl/N-ethyl adjacent to an activating group) is 1. The number of rotatable bonds is 2. The number of likely N-dealkylation sites (tertiary alicyclic amines) is 1. The van der Waals surface area contributed by atoms with Crippen LogP contribution in [-0.2, 0) is 0 Å². The zero-order valence-electron chi connectivity index (χ0n) is 10.9. The molecule has 0 radical (unpaired) electrons. The molecule has 1 saturated heterocycles. The van der Waals surface area contributed by atoms with Gasteiger partial charge in [-0.25, -0.2) is 0 Å². The van der Waals surface area contributed by atoms with Gasteiger partial charge in [0.15, 0.2) is 11.2 Å². The summed E-state index contributed by atoms with van der Waals surface area (Å²) in [7, 11) is 0. The number of hydrogen-bond acceptors (Lipinski definition) is 9. The summed E-state index contributed by atoms with van der Waals surface area (Å²) in [4.78, 5) is 0.0458. The highest BCUT2D eigenvalue weighted by atomic mass is 16.7. The van der Waals surface area contributed by atoms with Gasteiger partial charge in [0.25, 0.3) is 17.6 Å². The van der Waals surface area contributed by atoms with Crippen molar-refractivity contribution in [1.82, 2.24) is 4.90 Å². The number of hydrogen-bond donors (Lipinski definition) is 8. The van der Waals surface area contributed by atoms with Crippen molar-refractivity contribution in [2.75, 3.05) is 6.54 Å². The van der Waals surface area contributed by atoms with Crippen molar-refractivity contribution in [3.05, 3.63) is 0 Å². The van der Waals surface area contributed by atoms with E-state index in [2.05, 4.69) is 0 Å². The van der Waals surface area contributed by atoms with E-state index in [1.54, 1.807) is 0 Å². The topological polar surface area (TPSA) is 165 Å². The van der Waals surface area contributed by atoms with Gasteiger partial charge in [-0.05, 0) is 13.3 Å². The summed E-state index contributed by atoms with van der Waals surface area (Å²) in [6.07, 6.45) is -0.601. The molecular weight excluding hydrogens is 262 g/mol. The van der Waals surface area contributed by atoms with Crippen LogP contribution < -0.4 is 0 Å². The fraction of sp³-hybridized carbons (Fsp3) is 1.00. The maximum Gasteiger partial charge on any atom is 0.289 e. The van der Waals surface area contributed by atoms with E-state index in [0.29, 0.717) is 0 Å². The van der Waals surface area contributed by atoms with Crippen LogP contribution in [0.1, 0.15) is 27.2 Å². The summed E-state index contributed by atoms with van der Waals surface area (Å²) in [5, 5.41) is 79.5. The van der Waals surface area contributed by atoms with E-state index in [-0.39, 0.29) is 4.90 Å². The molecule has 8 N–H and O–H groups in total. The van der Waals surface area contributed by atoms with Crippen molar-refractivity contribution in [3.63, 3.8) is 0 Å². The minimum Gasteiger partial charge on any atom is -0.381 e. The van der Waals surface area contributed by atoms with E-state index in [1.165, 1.54) is 13.8 Å². The highest BCUT2D eigenvalue weighted by Gasteiger charge is 2.81. The Kier molecular flexibility index (Phi) is 3.58. The van der Waals surface area contributed by atoms with Crippen LogP contribution >= 0.6 is 0 Å². The maximum atomic E-state index is 10.2. The molecule has 114 valence electrons. The van der Waals surface area contributed by atoms with Crippen molar-refractivity contribution in [1.29, 1.82) is 0 Å². The van der Waals surface area contributed by atoms with Crippen molar-refractivity contribution < 1.29 is 40.9 Å². The molecule has 1 aliphatic rings. The molecule has 0 aliphatic carbocycles. The summed E-state index contributed by atoms with van der Waals surface area (Å²) < 4.78 is 0. The van der Waals surface area contributed by atoms with Crippen LogP contribution in [0.15, 0.2) is 0 Å². The second-order valence-electron chi connectivity index (χ2n) is 4.97. The first-order chi connectivity index (χ1) is 8.25. The Morgan fingerprint density at radius 2 is 1.21 bits per heavy atom. The van der Waals surface area contributed by atoms with Gasteiger partial charge in [0.1, 0.15) is 0 Å². The first-order valence-electron chi connectivity index (χ1n) is 5.82. The Morgan fingerprint density at radius 3 is 1.53 bits per heavy atom. The minimum absolute atomic E-state index is 0.0458. The van der Waals surface area contributed by atoms with Crippen molar-refractivity contribution >= 4 is 0 Å². The molecular formula is C10H21NO8. The SMILES string of the molecule is CCN1C(O)(O)C(C)(O)C(O)(CC)C(O)(O)C1(O)O. The first-order valence-corrected chi connectivity index (χ1v) is 5.82. The van der Waals surface area contributed by atoms with E-state index in [4.69, 9.17) is 0 Å². The summed E-state index contributed by atoms with van der Waals surface area (Å²) in [5.74, 6) is -10.5. The first kappa shape index (κ1) is 16.7. The Hall–Kier alpha value is -0.360. The lowest BCUT2D eigenvalue weighted by Gasteiger charge is -2.64. The van der Waals surface area contributed by atoms with Crippen LogP contribution in [0.25, 0.3) is 0 Å². The molecule has 0 aromatic rings. The quantitative estimate of drug-likeness (QED) is 0.237. The van der Waals surface area contributed by atoms with Gasteiger partial charge in [-0.3, -0.25) is 0 Å². The molecule has 0 aromatic heterocycles. The Morgan fingerprint density at radius 1 is 0.789 bits per heavy atom. The molecule has 0 bridgehead atoms. The predicted molar refractivity (Wildman–Crippen MR) is 59.8 cm³/mol. The summed E-state index contributed by atoms with van der Waals surface area (Å²) in [6, 6.07) is 0. The molecule has 0 amide bonds. The third-order valence-corrected chi connectivity index (χ3v) is 4.08. The molecule has 0 spiro atoms. The minimum atomic E-state index is -3.64. The monoisotopic (exact) mass is 283 g/mol. The third-order valence-electron chi connectivity index (χ3n) is 4.08. The molecule has 9 nitrogen and oxygen atoms in total. The number of aliphatic hydroxyl groups is 8. The average molecular weight is 283 g/mol. The van der Waals surface area contributed by atoms with Crippen molar-refractivity contribution in [2.24, 2.45) is 0 Å². The van der Waals surface area contributed by atoms with Gasteiger partial charge in [-0.1, -0.05) is 13.8 Å². The molecule has 1 rings (SSSR count). The summed E-state index contributed by atoms with van der Waals surface area (Å²) >= 11 is 0. The van der Waals surface area contributed by atoms with Crippen molar-refractivity contribution in [2.45, 2.75) is 56.0 Å². The molecule has 2 unspecified atom stereocenters. The van der Waals surface area contributed by atoms with Crippen LogP contribution in [0.3, 0.4) is 0 Å². The van der Waals surface area contributed by atoms with Crippen LogP contribution in [-0.4, -0.2) is 81.1 Å². The lowest BCUT2D eigenvalue weighted by Crippen LogP contribution is -2.92. The van der Waals surface area contributed by atoms with Crippen LogP contribution in [0.2, 0.25) is 0 Å². The molecule has 1 heterocycles. The second kappa shape index (κ2) is 4.07. The maximum absolute atomic E-state index is 10.2. The lowest BCUT2D eigenvalue weighted by molar-refractivity contribution is -0.564. The zero-order valence-corrected chi connectivity index (χ0v) is 10.9. The Labute approximate surface area is 109 Å². The highest BCUT2D eigenvalue weighted by Crippen LogP contribution is 2.51. The van der Waals surface area contributed by atoms with E-state index in [9.17, 15) is 40.9 Å². The normalized spacial score (nSPS) is 41.2. The molecule has 0 saturated carbocycles. The van der Waals surface area contributed by atoms with Gasteiger partial charge in [0.2, 0.25) is 0 Å². The zero-order chi connectivity index (χ0) is 15.5. The number of nitrogens with zero attached hydrogens (tertiary/aromatic N) is 1. The Balaban J connectivity index is 3.65. The molecule has 19 heavy (non-hydrogen) atoms. The van der Waals surface area contributed by atoms with E-state index >= 15 is 0 Å². The summed E-state index contributed by atoms with van der Waals surface area (Å²) in [6.45, 7) is 2.72. The second-order valence-corrected chi connectivity index (χ2v) is 4.97. The predicted octanol–water partition coefficient (Wildman–Crippen LogP) is -3.83. The summed E-state index contributed by atoms with van der Waals surface area (Å²) in [5.41, 5.74) is -5.90. The van der Waals surface area contributed by atoms with Crippen LogP contribution in [0.4, 0.5) is 0 Å². The van der Waals surface area contributed by atoms with Gasteiger partial charge in [-0.15, -0.1) is 0 Å². The molecule has 2 atom stereocenters. The van der Waals surface area contributed by atoms with Crippen molar-refractivity contribution in [3.8, 4) is 0 Å². The van der Waals surface area contributed by atoms with E-state index in [1.807, 2.05) is 0 Å². The average Bonchev–Trinajstić information content (AvgIpc) is 2.25. The van der Waals surface area contributed by atoms with Crippen LogP contribution in [0, 0.1) is 0 Å². The molecule has 1 aliphatic heterocycles.